The summed E-state index contributed by atoms with van der Waals surface area (Å²) in [4.78, 5) is 26.2. The van der Waals surface area contributed by atoms with Crippen LogP contribution in [0.15, 0.2) is 95.4 Å². The van der Waals surface area contributed by atoms with Gasteiger partial charge in [-0.15, -0.1) is 10.2 Å². The highest BCUT2D eigenvalue weighted by atomic mass is 19.1. The van der Waals surface area contributed by atoms with Gasteiger partial charge in [-0.3, -0.25) is 20.4 Å². The number of rotatable bonds is 6. The first kappa shape index (κ1) is 22.7. The second-order valence-corrected chi connectivity index (χ2v) is 7.79. The van der Waals surface area contributed by atoms with Crippen molar-refractivity contribution >= 4 is 11.8 Å². The number of carbonyl (C=O) groups excluding carboxylic acids is 2. The van der Waals surface area contributed by atoms with Crippen molar-refractivity contribution in [3.05, 3.63) is 114 Å². The van der Waals surface area contributed by atoms with Crippen molar-refractivity contribution in [2.45, 2.75) is 6.54 Å². The molecule has 9 nitrogen and oxygen atoms in total. The maximum atomic E-state index is 13.1. The number of hydrazine groups is 1. The van der Waals surface area contributed by atoms with Gasteiger partial charge in [0.25, 0.3) is 5.91 Å². The Balaban J connectivity index is 1.15. The number of halogens is 1. The Morgan fingerprint density at radius 3 is 2.28 bits per heavy atom. The molecule has 3 aromatic carbocycles. The molecular weight excluding hydrogens is 463 g/mol. The van der Waals surface area contributed by atoms with Gasteiger partial charge in [0.15, 0.2) is 5.76 Å². The molecule has 2 N–H and O–H groups in total. The number of aromatic nitrogens is 4. The van der Waals surface area contributed by atoms with Crippen LogP contribution in [0.2, 0.25) is 0 Å². The highest BCUT2D eigenvalue weighted by Gasteiger charge is 2.14. The lowest BCUT2D eigenvalue weighted by atomic mass is 10.1. The van der Waals surface area contributed by atoms with Crippen LogP contribution in [0.3, 0.4) is 0 Å². The number of hydrogen-bond acceptors (Lipinski definition) is 6. The zero-order valence-electron chi connectivity index (χ0n) is 18.8. The number of nitrogens with zero attached hydrogens (tertiary/aromatic N) is 4. The van der Waals surface area contributed by atoms with Gasteiger partial charge in [0.05, 0.1) is 6.54 Å². The topological polar surface area (TPSA) is 115 Å². The van der Waals surface area contributed by atoms with Crippen LogP contribution in [0, 0.1) is 5.82 Å². The Labute approximate surface area is 204 Å². The van der Waals surface area contributed by atoms with Crippen LogP contribution in [0.5, 0.6) is 0 Å². The van der Waals surface area contributed by atoms with Crippen molar-refractivity contribution in [2.75, 3.05) is 0 Å². The molecule has 36 heavy (non-hydrogen) atoms. The highest BCUT2D eigenvalue weighted by molar-refractivity contribution is 5.98. The van der Waals surface area contributed by atoms with E-state index in [1.165, 1.54) is 23.0 Å². The zero-order chi connectivity index (χ0) is 24.9. The van der Waals surface area contributed by atoms with Crippen molar-refractivity contribution in [2.24, 2.45) is 0 Å². The fraction of sp³-hybridized carbons (Fsp3) is 0.0385. The second-order valence-electron chi connectivity index (χ2n) is 7.79. The molecule has 0 fully saturated rings. The summed E-state index contributed by atoms with van der Waals surface area (Å²) in [6.45, 7) is 0.382. The summed E-state index contributed by atoms with van der Waals surface area (Å²) in [5.74, 6) is -0.555. The molecule has 0 unspecified atom stereocenters. The largest absolute Gasteiger partial charge is 0.451 e. The molecule has 0 aliphatic carbocycles. The molecule has 0 aliphatic rings. The van der Waals surface area contributed by atoms with E-state index in [1.807, 2.05) is 30.3 Å². The minimum absolute atomic E-state index is 0.000164. The van der Waals surface area contributed by atoms with Crippen molar-refractivity contribution in [3.8, 4) is 22.7 Å². The van der Waals surface area contributed by atoms with Crippen molar-refractivity contribution < 1.29 is 18.4 Å². The Hall–Kier alpha value is -5.12. The van der Waals surface area contributed by atoms with Gasteiger partial charge in [-0.1, -0.05) is 42.5 Å². The molecule has 0 atom stereocenters. The lowest BCUT2D eigenvalue weighted by Crippen LogP contribution is -2.41. The Bertz CT molecular complexity index is 1500. The van der Waals surface area contributed by atoms with Gasteiger partial charge in [-0.05, 0) is 59.3 Å². The third-order valence-electron chi connectivity index (χ3n) is 5.27. The molecule has 0 spiro atoms. The normalized spacial score (nSPS) is 10.7. The molecule has 2 amide bonds. The average Bonchev–Trinajstić information content (AvgIpc) is 3.59. The quantitative estimate of drug-likeness (QED) is 0.355. The molecule has 2 aromatic heterocycles. The van der Waals surface area contributed by atoms with Gasteiger partial charge in [0.2, 0.25) is 5.82 Å². The van der Waals surface area contributed by atoms with Gasteiger partial charge in [-0.2, -0.15) is 4.80 Å². The fourth-order valence-corrected chi connectivity index (χ4v) is 3.41. The number of carbonyl (C=O) groups is 2. The minimum atomic E-state index is -0.625. The van der Waals surface area contributed by atoms with E-state index in [0.717, 1.165) is 11.1 Å². The van der Waals surface area contributed by atoms with Crippen LogP contribution in [0.1, 0.15) is 26.5 Å². The van der Waals surface area contributed by atoms with E-state index in [0.29, 0.717) is 29.3 Å². The standard InChI is InChI=1S/C26H19FN6O3/c27-21-12-10-18(11-13-21)22-14-15-23(36-22)26(35)30-29-25(34)20-8-6-17(7-9-20)16-33-31-24(28-32-33)19-4-2-1-3-5-19/h1-15H,16H2,(H,29,34)(H,30,35). The molecule has 0 saturated heterocycles. The van der Waals surface area contributed by atoms with Crippen LogP contribution >= 0.6 is 0 Å². The first-order valence-electron chi connectivity index (χ1n) is 10.9. The molecule has 178 valence electrons. The van der Waals surface area contributed by atoms with Crippen molar-refractivity contribution in [1.82, 2.24) is 31.1 Å². The summed E-state index contributed by atoms with van der Waals surface area (Å²) in [5.41, 5.74) is 7.39. The maximum absolute atomic E-state index is 13.1. The van der Waals surface area contributed by atoms with Crippen molar-refractivity contribution in [3.63, 3.8) is 0 Å². The number of nitrogens with one attached hydrogen (secondary N) is 2. The Morgan fingerprint density at radius 1 is 0.806 bits per heavy atom. The molecule has 0 bridgehead atoms. The first-order valence-corrected chi connectivity index (χ1v) is 10.9. The Morgan fingerprint density at radius 2 is 1.53 bits per heavy atom. The summed E-state index contributed by atoms with van der Waals surface area (Å²) in [7, 11) is 0. The first-order chi connectivity index (χ1) is 17.5. The van der Waals surface area contributed by atoms with Crippen molar-refractivity contribution in [1.29, 1.82) is 0 Å². The van der Waals surface area contributed by atoms with E-state index in [2.05, 4.69) is 26.3 Å². The predicted molar refractivity (Wildman–Crippen MR) is 128 cm³/mol. The summed E-state index contributed by atoms with van der Waals surface area (Å²) in [6.07, 6.45) is 0. The molecule has 2 heterocycles. The fourth-order valence-electron chi connectivity index (χ4n) is 3.41. The predicted octanol–water partition coefficient (Wildman–Crippen LogP) is 3.86. The summed E-state index contributed by atoms with van der Waals surface area (Å²) >= 11 is 0. The molecular formula is C26H19FN6O3. The minimum Gasteiger partial charge on any atom is -0.451 e. The third-order valence-corrected chi connectivity index (χ3v) is 5.27. The van der Waals surface area contributed by atoms with E-state index in [4.69, 9.17) is 4.42 Å². The van der Waals surface area contributed by atoms with Gasteiger partial charge >= 0.3 is 5.91 Å². The van der Waals surface area contributed by atoms with E-state index in [9.17, 15) is 14.0 Å². The zero-order valence-corrected chi connectivity index (χ0v) is 18.8. The Kier molecular flexibility index (Phi) is 6.31. The van der Waals surface area contributed by atoms with Crippen LogP contribution in [0.4, 0.5) is 4.39 Å². The number of hydrogen-bond donors (Lipinski definition) is 2. The molecule has 0 saturated carbocycles. The van der Waals surface area contributed by atoms with E-state index < -0.39 is 11.8 Å². The molecule has 0 radical (unpaired) electrons. The average molecular weight is 482 g/mol. The van der Waals surface area contributed by atoms with Crippen LogP contribution < -0.4 is 10.9 Å². The SMILES string of the molecule is O=C(NNC(=O)c1ccc(-c2ccc(F)cc2)o1)c1ccc(Cn2nnc(-c3ccccc3)n2)cc1. The van der Waals surface area contributed by atoms with E-state index >= 15 is 0 Å². The molecule has 5 aromatic rings. The number of tetrazole rings is 1. The monoisotopic (exact) mass is 482 g/mol. The second kappa shape index (κ2) is 10.0. The van der Waals surface area contributed by atoms with Gasteiger partial charge in [-0.25, -0.2) is 4.39 Å². The third kappa shape index (κ3) is 5.17. The van der Waals surface area contributed by atoms with Crippen LogP contribution in [0.25, 0.3) is 22.7 Å². The van der Waals surface area contributed by atoms with Crippen LogP contribution in [-0.2, 0) is 6.54 Å². The number of benzene rings is 3. The lowest BCUT2D eigenvalue weighted by Gasteiger charge is -2.07. The summed E-state index contributed by atoms with van der Waals surface area (Å²) in [5, 5.41) is 12.5. The molecule has 10 heteroatoms. The van der Waals surface area contributed by atoms with E-state index in [1.54, 1.807) is 42.5 Å². The van der Waals surface area contributed by atoms with Crippen LogP contribution in [-0.4, -0.2) is 32.0 Å². The summed E-state index contributed by atoms with van der Waals surface area (Å²) < 4.78 is 18.6. The number of amides is 2. The highest BCUT2D eigenvalue weighted by Crippen LogP contribution is 2.22. The van der Waals surface area contributed by atoms with E-state index in [-0.39, 0.29) is 11.6 Å². The smallest absolute Gasteiger partial charge is 0.305 e. The summed E-state index contributed by atoms with van der Waals surface area (Å²) in [6, 6.07) is 25.1. The van der Waals surface area contributed by atoms with Gasteiger partial charge in [0, 0.05) is 16.7 Å². The lowest BCUT2D eigenvalue weighted by molar-refractivity contribution is 0.0831. The maximum Gasteiger partial charge on any atom is 0.305 e. The van der Waals surface area contributed by atoms with Gasteiger partial charge in [0.1, 0.15) is 11.6 Å². The number of furan rings is 1. The molecule has 5 rings (SSSR count). The molecule has 0 aliphatic heterocycles. The van der Waals surface area contributed by atoms with Gasteiger partial charge < -0.3 is 4.42 Å².